The summed E-state index contributed by atoms with van der Waals surface area (Å²) in [6.07, 6.45) is 0.690. The quantitative estimate of drug-likeness (QED) is 0.731. The maximum atomic E-state index is 12.2. The molecule has 1 rings (SSSR count). The second kappa shape index (κ2) is 5.70. The van der Waals surface area contributed by atoms with Crippen LogP contribution in [0.25, 0.3) is 0 Å². The van der Waals surface area contributed by atoms with Crippen molar-refractivity contribution in [1.29, 1.82) is 0 Å². The number of carbonyl (C=O) groups excluding carboxylic acids is 1. The lowest BCUT2D eigenvalue weighted by atomic mass is 10.4. The number of ether oxygens (including phenoxy) is 1. The van der Waals surface area contributed by atoms with Crippen LogP contribution in [0, 0.1) is 0 Å². The summed E-state index contributed by atoms with van der Waals surface area (Å²) in [5.74, 6) is -1.28. The summed E-state index contributed by atoms with van der Waals surface area (Å²) in [5.41, 5.74) is 0. The smallest absolute Gasteiger partial charge is 0.340 e. The highest BCUT2D eigenvalue weighted by Gasteiger charge is 2.43. The molecule has 0 aromatic heterocycles. The van der Waals surface area contributed by atoms with Crippen LogP contribution >= 0.6 is 0 Å². The van der Waals surface area contributed by atoms with Crippen LogP contribution in [-0.2, 0) is 29.2 Å². The van der Waals surface area contributed by atoms with Gasteiger partial charge in [0.15, 0.2) is 9.84 Å². The van der Waals surface area contributed by atoms with E-state index in [1.54, 1.807) is 6.07 Å². The minimum atomic E-state index is -4.34. The van der Waals surface area contributed by atoms with E-state index < -0.39 is 30.2 Å². The average molecular weight is 306 g/mol. The molecule has 19 heavy (non-hydrogen) atoms. The highest BCUT2D eigenvalue weighted by atomic mass is 32.3. The molecule has 0 heterocycles. The lowest BCUT2D eigenvalue weighted by Gasteiger charge is -2.14. The van der Waals surface area contributed by atoms with Crippen LogP contribution in [0.4, 0.5) is 0 Å². The van der Waals surface area contributed by atoms with E-state index in [2.05, 4.69) is 4.74 Å². The molecule has 6 nitrogen and oxygen atoms in total. The minimum Gasteiger partial charge on any atom is -0.464 e. The van der Waals surface area contributed by atoms with Crippen LogP contribution in [0.15, 0.2) is 35.2 Å². The van der Waals surface area contributed by atoms with Gasteiger partial charge in [0.2, 0.25) is 9.84 Å². The normalized spacial score (nSPS) is 13.8. The number of esters is 1. The maximum absolute atomic E-state index is 12.2. The Bertz CT molecular complexity index is 646. The lowest BCUT2D eigenvalue weighted by molar-refractivity contribution is -0.140. The molecule has 1 aromatic rings. The summed E-state index contributed by atoms with van der Waals surface area (Å²) in [6, 6.07) is 6.92. The van der Waals surface area contributed by atoms with Crippen LogP contribution in [0.5, 0.6) is 0 Å². The molecule has 0 aliphatic rings. The van der Waals surface area contributed by atoms with Crippen molar-refractivity contribution in [2.45, 2.75) is 16.4 Å². The molecule has 0 unspecified atom stereocenters. The van der Waals surface area contributed by atoms with Crippen LogP contribution in [0.2, 0.25) is 0 Å². The predicted molar refractivity (Wildman–Crippen MR) is 68.9 cm³/mol. The van der Waals surface area contributed by atoms with Gasteiger partial charge in [-0.1, -0.05) is 18.2 Å². The second-order valence-corrected chi connectivity index (χ2v) is 8.23. The lowest BCUT2D eigenvalue weighted by Crippen LogP contribution is -2.38. The van der Waals surface area contributed by atoms with Crippen molar-refractivity contribution in [3.8, 4) is 0 Å². The van der Waals surface area contributed by atoms with Crippen molar-refractivity contribution in [1.82, 2.24) is 0 Å². The molecule has 1 aromatic carbocycles. The summed E-state index contributed by atoms with van der Waals surface area (Å²) >= 11 is 0. The Hall–Kier alpha value is -1.41. The molecule has 0 aliphatic heterocycles. The molecule has 0 radical (unpaired) electrons. The summed E-state index contributed by atoms with van der Waals surface area (Å²) in [7, 11) is -8.50. The van der Waals surface area contributed by atoms with E-state index in [0.29, 0.717) is 6.26 Å². The molecule has 0 spiro atoms. The third kappa shape index (κ3) is 3.54. The molecule has 0 amide bonds. The molecule has 0 bridgehead atoms. The summed E-state index contributed by atoms with van der Waals surface area (Å²) in [4.78, 5) is 11.4. The van der Waals surface area contributed by atoms with E-state index in [-0.39, 0.29) is 11.5 Å². The van der Waals surface area contributed by atoms with Gasteiger partial charge >= 0.3 is 5.97 Å². The summed E-state index contributed by atoms with van der Waals surface area (Å²) in [6.45, 7) is 1.36. The summed E-state index contributed by atoms with van der Waals surface area (Å²) in [5, 5.41) is 0. The van der Waals surface area contributed by atoms with Gasteiger partial charge in [-0.05, 0) is 19.1 Å². The monoisotopic (exact) mass is 306 g/mol. The van der Waals surface area contributed by atoms with Gasteiger partial charge in [-0.3, -0.25) is 0 Å². The Morgan fingerprint density at radius 1 is 1.16 bits per heavy atom. The predicted octanol–water partition coefficient (Wildman–Crippen LogP) is 0.394. The van der Waals surface area contributed by atoms with E-state index in [9.17, 15) is 21.6 Å². The topological polar surface area (TPSA) is 94.6 Å². The van der Waals surface area contributed by atoms with Gasteiger partial charge in [-0.25, -0.2) is 21.6 Å². The van der Waals surface area contributed by atoms with Gasteiger partial charge < -0.3 is 4.74 Å². The first-order valence-electron chi connectivity index (χ1n) is 5.35. The van der Waals surface area contributed by atoms with Crippen molar-refractivity contribution in [3.05, 3.63) is 30.3 Å². The highest BCUT2D eigenvalue weighted by Crippen LogP contribution is 2.20. The van der Waals surface area contributed by atoms with E-state index >= 15 is 0 Å². The van der Waals surface area contributed by atoms with E-state index in [4.69, 9.17) is 0 Å². The SMILES string of the molecule is CCOC(=O)[C@@H](S(C)(=O)=O)S(=O)(=O)c1ccccc1. The van der Waals surface area contributed by atoms with Gasteiger partial charge in [0.25, 0.3) is 4.58 Å². The number of benzene rings is 1. The van der Waals surface area contributed by atoms with E-state index in [1.807, 2.05) is 0 Å². The van der Waals surface area contributed by atoms with Gasteiger partial charge in [-0.15, -0.1) is 0 Å². The zero-order chi connectivity index (χ0) is 14.7. The van der Waals surface area contributed by atoms with Crippen molar-refractivity contribution < 1.29 is 26.4 Å². The Morgan fingerprint density at radius 2 is 1.68 bits per heavy atom. The Morgan fingerprint density at radius 3 is 2.11 bits per heavy atom. The number of rotatable bonds is 5. The van der Waals surface area contributed by atoms with Crippen LogP contribution < -0.4 is 0 Å². The first kappa shape index (κ1) is 15.6. The zero-order valence-corrected chi connectivity index (χ0v) is 12.1. The Kier molecular flexibility index (Phi) is 4.70. The Labute approximate surface area is 112 Å². The zero-order valence-electron chi connectivity index (χ0n) is 10.4. The number of carbonyl (C=O) groups is 1. The first-order chi connectivity index (χ1) is 8.71. The third-order valence-corrected chi connectivity index (χ3v) is 6.69. The number of sulfone groups is 2. The fourth-order valence-electron chi connectivity index (χ4n) is 1.48. The molecular weight excluding hydrogens is 292 g/mol. The van der Waals surface area contributed by atoms with Crippen LogP contribution in [0.1, 0.15) is 6.92 Å². The van der Waals surface area contributed by atoms with E-state index in [0.717, 1.165) is 0 Å². The maximum Gasteiger partial charge on any atom is 0.340 e. The van der Waals surface area contributed by atoms with Crippen molar-refractivity contribution in [2.75, 3.05) is 12.9 Å². The second-order valence-electron chi connectivity index (χ2n) is 3.77. The first-order valence-corrected chi connectivity index (χ1v) is 8.85. The molecule has 0 aliphatic carbocycles. The molecule has 106 valence electrons. The van der Waals surface area contributed by atoms with Gasteiger partial charge in [0.05, 0.1) is 11.5 Å². The molecule has 8 heteroatoms. The van der Waals surface area contributed by atoms with Crippen LogP contribution in [0.3, 0.4) is 0 Å². The highest BCUT2D eigenvalue weighted by molar-refractivity contribution is 8.09. The van der Waals surface area contributed by atoms with Gasteiger partial charge in [-0.2, -0.15) is 0 Å². The van der Waals surface area contributed by atoms with E-state index in [1.165, 1.54) is 31.2 Å². The summed E-state index contributed by atoms with van der Waals surface area (Å²) < 4.78 is 49.9. The number of hydrogen-bond acceptors (Lipinski definition) is 6. The Balaban J connectivity index is 3.38. The molecule has 0 saturated carbocycles. The fraction of sp³-hybridized carbons (Fsp3) is 0.364. The van der Waals surface area contributed by atoms with Crippen molar-refractivity contribution >= 4 is 25.6 Å². The molecule has 1 atom stereocenters. The van der Waals surface area contributed by atoms with Crippen molar-refractivity contribution in [2.24, 2.45) is 0 Å². The van der Waals surface area contributed by atoms with Crippen LogP contribution in [-0.4, -0.2) is 40.2 Å². The van der Waals surface area contributed by atoms with Gasteiger partial charge in [0.1, 0.15) is 0 Å². The average Bonchev–Trinajstić information content (AvgIpc) is 2.28. The van der Waals surface area contributed by atoms with Crippen molar-refractivity contribution in [3.63, 3.8) is 0 Å². The standard InChI is InChI=1S/C11H14O6S2/c1-3-17-10(12)11(18(2,13)14)19(15,16)9-7-5-4-6-8-9/h4-8,11H,3H2,1-2H3/t11-/m0/s1. The molecule has 0 fully saturated rings. The largest absolute Gasteiger partial charge is 0.464 e. The van der Waals surface area contributed by atoms with Gasteiger partial charge in [0, 0.05) is 6.26 Å². The minimum absolute atomic E-state index is 0.102. The molecule has 0 N–H and O–H groups in total. The number of hydrogen-bond donors (Lipinski definition) is 0. The third-order valence-electron chi connectivity index (χ3n) is 2.22. The fourth-order valence-corrected chi connectivity index (χ4v) is 5.17. The molecular formula is C11H14O6S2. The molecule has 0 saturated heterocycles.